The van der Waals surface area contributed by atoms with E-state index in [0.717, 1.165) is 36.1 Å². The highest BCUT2D eigenvalue weighted by Crippen LogP contribution is 2.38. The van der Waals surface area contributed by atoms with Crippen LogP contribution < -0.4 is 0 Å². The first-order chi connectivity index (χ1) is 16.2. The number of carboxylic acids is 1. The van der Waals surface area contributed by atoms with E-state index in [1.54, 1.807) is 23.7 Å². The largest absolute Gasteiger partial charge is 0.490 e. The van der Waals surface area contributed by atoms with E-state index >= 15 is 0 Å². The van der Waals surface area contributed by atoms with Crippen molar-refractivity contribution in [3.05, 3.63) is 51.5 Å². The third kappa shape index (κ3) is 5.76. The van der Waals surface area contributed by atoms with Gasteiger partial charge < -0.3 is 19.5 Å². The van der Waals surface area contributed by atoms with Crippen molar-refractivity contribution >= 4 is 23.2 Å². The molecule has 3 aliphatic rings. The Morgan fingerprint density at radius 2 is 1.97 bits per heavy atom. The van der Waals surface area contributed by atoms with Crippen molar-refractivity contribution in [2.75, 3.05) is 19.7 Å². The summed E-state index contributed by atoms with van der Waals surface area (Å²) in [6, 6.07) is 6.08. The first-order valence-corrected chi connectivity index (χ1v) is 11.8. The number of hydrogen-bond donors (Lipinski definition) is 1. The van der Waals surface area contributed by atoms with Gasteiger partial charge in [0.15, 0.2) is 0 Å². The van der Waals surface area contributed by atoms with E-state index in [9.17, 15) is 18.0 Å². The number of amides is 1. The zero-order valence-electron chi connectivity index (χ0n) is 18.3. The van der Waals surface area contributed by atoms with Crippen LogP contribution in [-0.2, 0) is 33.7 Å². The maximum absolute atomic E-state index is 12.8. The summed E-state index contributed by atoms with van der Waals surface area (Å²) in [5.41, 5.74) is 2.32. The zero-order valence-corrected chi connectivity index (χ0v) is 19.2. The minimum atomic E-state index is -5.08. The number of thiophene rings is 1. The lowest BCUT2D eigenvalue weighted by atomic mass is 9.84. The first-order valence-electron chi connectivity index (χ1n) is 11.0. The predicted octanol–water partition coefficient (Wildman–Crippen LogP) is 3.86. The second-order valence-corrected chi connectivity index (χ2v) is 9.83. The highest BCUT2D eigenvalue weighted by Gasteiger charge is 2.50. The molecule has 0 aromatic carbocycles. The third-order valence-corrected chi connectivity index (χ3v) is 7.35. The molecule has 0 saturated carbocycles. The quantitative estimate of drug-likeness (QED) is 0.689. The molecule has 2 aliphatic heterocycles. The molecular formula is C23H25F3N2O5S. The average Bonchev–Trinajstić information content (AvgIpc) is 3.39. The molecule has 1 amide bonds. The van der Waals surface area contributed by atoms with Gasteiger partial charge in [0.25, 0.3) is 5.91 Å². The van der Waals surface area contributed by atoms with E-state index in [1.165, 1.54) is 16.9 Å². The number of alkyl halides is 3. The molecule has 2 fully saturated rings. The van der Waals surface area contributed by atoms with Gasteiger partial charge in [-0.1, -0.05) is 0 Å². The number of fused-ring (bicyclic) bond motifs is 1. The molecule has 1 spiro atoms. The van der Waals surface area contributed by atoms with Crippen LogP contribution >= 0.6 is 11.3 Å². The van der Waals surface area contributed by atoms with Gasteiger partial charge in [0, 0.05) is 30.3 Å². The Morgan fingerprint density at radius 1 is 1.26 bits per heavy atom. The normalized spacial score (nSPS) is 20.8. The van der Waals surface area contributed by atoms with Crippen molar-refractivity contribution in [2.45, 2.75) is 56.6 Å². The van der Waals surface area contributed by atoms with Crippen LogP contribution in [0, 0.1) is 0 Å². The minimum Gasteiger partial charge on any atom is -0.475 e. The molecule has 184 valence electrons. The molecule has 0 radical (unpaired) electrons. The molecule has 11 heteroatoms. The van der Waals surface area contributed by atoms with Crippen molar-refractivity contribution in [1.29, 1.82) is 0 Å². The highest BCUT2D eigenvalue weighted by atomic mass is 32.1. The van der Waals surface area contributed by atoms with Crippen LogP contribution in [0.3, 0.4) is 0 Å². The number of aryl methyl sites for hydroxylation is 2. The van der Waals surface area contributed by atoms with Gasteiger partial charge in [0.05, 0.1) is 30.7 Å². The van der Waals surface area contributed by atoms with Crippen molar-refractivity contribution < 1.29 is 37.3 Å². The average molecular weight is 499 g/mol. The molecular weight excluding hydrogens is 473 g/mol. The predicted molar refractivity (Wildman–Crippen MR) is 117 cm³/mol. The fourth-order valence-corrected chi connectivity index (χ4v) is 5.64. The van der Waals surface area contributed by atoms with Crippen molar-refractivity contribution in [1.82, 2.24) is 9.88 Å². The van der Waals surface area contributed by atoms with Crippen LogP contribution in [0.25, 0.3) is 0 Å². The maximum atomic E-state index is 12.8. The van der Waals surface area contributed by atoms with E-state index < -0.39 is 12.1 Å². The number of likely N-dealkylation sites (tertiary alicyclic amines) is 1. The van der Waals surface area contributed by atoms with Crippen LogP contribution in [0.5, 0.6) is 0 Å². The summed E-state index contributed by atoms with van der Waals surface area (Å²) in [4.78, 5) is 30.0. The molecule has 34 heavy (non-hydrogen) atoms. The monoisotopic (exact) mass is 498 g/mol. The molecule has 1 N–H and O–H groups in total. The smallest absolute Gasteiger partial charge is 0.475 e. The molecule has 0 bridgehead atoms. The second-order valence-electron chi connectivity index (χ2n) is 8.69. The van der Waals surface area contributed by atoms with Gasteiger partial charge in [-0.15, -0.1) is 11.3 Å². The number of halogens is 3. The maximum Gasteiger partial charge on any atom is 0.490 e. The number of nitrogens with zero attached hydrogens (tertiary/aromatic N) is 2. The number of aliphatic carboxylic acids is 1. The van der Waals surface area contributed by atoms with Gasteiger partial charge in [-0.05, 0) is 55.0 Å². The molecule has 2 aromatic rings. The Balaban J connectivity index is 0.000000344. The highest BCUT2D eigenvalue weighted by molar-refractivity contribution is 7.14. The molecule has 1 aliphatic carbocycles. The molecule has 2 saturated heterocycles. The molecule has 1 atom stereocenters. The van der Waals surface area contributed by atoms with Crippen LogP contribution in [0.15, 0.2) is 30.6 Å². The van der Waals surface area contributed by atoms with Crippen molar-refractivity contribution in [3.8, 4) is 0 Å². The van der Waals surface area contributed by atoms with E-state index in [2.05, 4.69) is 11.1 Å². The second kappa shape index (κ2) is 10.0. The number of hydrogen-bond acceptors (Lipinski definition) is 6. The Hall–Kier alpha value is -2.50. The summed E-state index contributed by atoms with van der Waals surface area (Å²) in [6.45, 7) is 2.68. The van der Waals surface area contributed by atoms with Gasteiger partial charge >= 0.3 is 12.1 Å². The SMILES string of the molecule is O=C(O)C(F)(F)F.O=C(c1cc2c(s1)CCC2)N1CC2(CC(OCc3ccncc3)CCO2)C1. The van der Waals surface area contributed by atoms with Crippen molar-refractivity contribution in [2.24, 2.45) is 0 Å². The number of carboxylic acid groups (broad SMARTS) is 1. The zero-order chi connectivity index (χ0) is 24.3. The van der Waals surface area contributed by atoms with Gasteiger partial charge in [0.2, 0.25) is 0 Å². The minimum absolute atomic E-state index is 0.170. The summed E-state index contributed by atoms with van der Waals surface area (Å²) in [6.07, 6.45) is 3.97. The molecule has 5 rings (SSSR count). The van der Waals surface area contributed by atoms with Crippen LogP contribution in [-0.4, -0.2) is 64.4 Å². The molecule has 7 nitrogen and oxygen atoms in total. The number of carbonyl (C=O) groups is 2. The van der Waals surface area contributed by atoms with Gasteiger partial charge in [-0.25, -0.2) is 4.79 Å². The summed E-state index contributed by atoms with van der Waals surface area (Å²) in [7, 11) is 0. The summed E-state index contributed by atoms with van der Waals surface area (Å²) >= 11 is 1.69. The van der Waals surface area contributed by atoms with Gasteiger partial charge in [0.1, 0.15) is 5.60 Å². The summed E-state index contributed by atoms with van der Waals surface area (Å²) < 4.78 is 43.9. The van der Waals surface area contributed by atoms with Gasteiger partial charge in [-0.3, -0.25) is 9.78 Å². The lowest BCUT2D eigenvalue weighted by molar-refractivity contribution is -0.192. The lowest BCUT2D eigenvalue weighted by Crippen LogP contribution is -2.67. The number of aromatic nitrogens is 1. The molecule has 2 aromatic heterocycles. The fraction of sp³-hybridized carbons (Fsp3) is 0.522. The van der Waals surface area contributed by atoms with Crippen LogP contribution in [0.4, 0.5) is 13.2 Å². The summed E-state index contributed by atoms with van der Waals surface area (Å²) in [5.74, 6) is -2.59. The standard InChI is InChI=1S/C21H24N2O3S.C2HF3O2/c24-20(19-10-16-2-1-3-18(16)27-19)23-13-21(14-23)11-17(6-9-26-21)25-12-15-4-7-22-8-5-15;3-2(4,5)1(6)7/h4-5,7-8,10,17H,1-3,6,9,11-14H2;(H,6,7). The lowest BCUT2D eigenvalue weighted by Gasteiger charge is -2.52. The van der Waals surface area contributed by atoms with E-state index in [4.69, 9.17) is 19.4 Å². The Morgan fingerprint density at radius 3 is 2.62 bits per heavy atom. The molecule has 4 heterocycles. The topological polar surface area (TPSA) is 89.0 Å². The Kier molecular flexibility index (Phi) is 7.25. The number of carbonyl (C=O) groups excluding carboxylic acids is 1. The van der Waals surface area contributed by atoms with Crippen LogP contribution in [0.1, 0.15) is 44.9 Å². The Bertz CT molecular complexity index is 1000. The fourth-order valence-electron chi connectivity index (χ4n) is 4.42. The summed E-state index contributed by atoms with van der Waals surface area (Å²) in [5, 5.41) is 7.12. The first kappa shape index (κ1) is 24.6. The Labute approximate surface area is 198 Å². The van der Waals surface area contributed by atoms with E-state index in [1.807, 2.05) is 17.0 Å². The van der Waals surface area contributed by atoms with Gasteiger partial charge in [-0.2, -0.15) is 13.2 Å². The number of rotatable bonds is 4. The molecule has 1 unspecified atom stereocenters. The van der Waals surface area contributed by atoms with E-state index in [0.29, 0.717) is 26.3 Å². The number of pyridine rings is 1. The van der Waals surface area contributed by atoms with E-state index in [-0.39, 0.29) is 17.6 Å². The number of ether oxygens (including phenoxy) is 2. The third-order valence-electron chi connectivity index (χ3n) is 6.13. The van der Waals surface area contributed by atoms with Crippen LogP contribution in [0.2, 0.25) is 0 Å². The van der Waals surface area contributed by atoms with Crippen molar-refractivity contribution in [3.63, 3.8) is 0 Å².